The second kappa shape index (κ2) is 42.5. The third kappa shape index (κ3) is 27.9. The van der Waals surface area contributed by atoms with E-state index < -0.39 is 11.9 Å². The van der Waals surface area contributed by atoms with Gasteiger partial charge in [0.05, 0.1) is 35.7 Å². The molecule has 0 heterocycles. The van der Waals surface area contributed by atoms with Crippen LogP contribution < -0.4 is 18.9 Å². The number of rotatable bonds is 40. The summed E-state index contributed by atoms with van der Waals surface area (Å²) >= 11 is 0. The van der Waals surface area contributed by atoms with Crippen LogP contribution in [0.4, 0.5) is 11.4 Å². The minimum Gasteiger partial charge on any atom is -0.494 e. The van der Waals surface area contributed by atoms with E-state index in [0.717, 1.165) is 69.1 Å². The first kappa shape index (κ1) is 69.0. The van der Waals surface area contributed by atoms with Crippen molar-refractivity contribution in [3.8, 4) is 46.7 Å². The summed E-state index contributed by atoms with van der Waals surface area (Å²) in [5.41, 5.74) is 7.66. The van der Waals surface area contributed by atoms with Gasteiger partial charge in [0.2, 0.25) is 0 Å². The maximum atomic E-state index is 12.9. The SMILES string of the molecule is CCCCCCCCCCCCCCCCOc1ccc(C(=O)Oc2ccc(N=Cc3ccc(C#Cc4ccccc4C#Cc4ccc(C=Nc5ccc(OC(=O)c6ccc(OCCCCCCCCCCCCCCCC)cc6)cc5)cc4)cc3)cc2)cc1. The third-order valence-corrected chi connectivity index (χ3v) is 16.0. The Bertz CT molecular complexity index is 3100. The van der Waals surface area contributed by atoms with E-state index in [1.54, 1.807) is 61.0 Å². The highest BCUT2D eigenvalue weighted by Crippen LogP contribution is 2.24. The lowest BCUT2D eigenvalue weighted by Crippen LogP contribution is -2.08. The first-order valence-electron chi connectivity index (χ1n) is 33.9. The molecule has 0 saturated carbocycles. The molecule has 0 saturated heterocycles. The lowest BCUT2D eigenvalue weighted by Gasteiger charge is -2.08. The zero-order valence-corrected chi connectivity index (χ0v) is 53.9. The van der Waals surface area contributed by atoms with E-state index >= 15 is 0 Å². The molecule has 8 nitrogen and oxygen atoms in total. The van der Waals surface area contributed by atoms with Gasteiger partial charge in [0, 0.05) is 34.7 Å². The van der Waals surface area contributed by atoms with Crippen LogP contribution in [-0.4, -0.2) is 37.6 Å². The van der Waals surface area contributed by atoms with Crippen LogP contribution in [0.3, 0.4) is 0 Å². The molecule has 0 bridgehead atoms. The van der Waals surface area contributed by atoms with Gasteiger partial charge in [-0.3, -0.25) is 9.98 Å². The zero-order valence-electron chi connectivity index (χ0n) is 53.9. The molecule has 0 fully saturated rings. The minimum atomic E-state index is -0.424. The Hall–Kier alpha value is -8.46. The van der Waals surface area contributed by atoms with Gasteiger partial charge in [-0.1, -0.05) is 241 Å². The van der Waals surface area contributed by atoms with Crippen molar-refractivity contribution in [3.05, 3.63) is 214 Å². The monoisotopic (exact) mass is 1200 g/mol. The molecule has 470 valence electrons. The predicted molar refractivity (Wildman–Crippen MR) is 373 cm³/mol. The van der Waals surface area contributed by atoms with Crippen LogP contribution in [0.2, 0.25) is 0 Å². The van der Waals surface area contributed by atoms with Crippen molar-refractivity contribution in [3.63, 3.8) is 0 Å². The summed E-state index contributed by atoms with van der Waals surface area (Å²) in [6, 6.07) is 52.3. The smallest absolute Gasteiger partial charge is 0.343 e. The molecule has 7 rings (SSSR count). The fraction of sp³-hybridized carbons (Fsp3) is 0.390. The number of aliphatic imine (C=N–C) groups is 2. The average molecular weight is 1210 g/mol. The Balaban J connectivity index is 0.756. The van der Waals surface area contributed by atoms with Crippen molar-refractivity contribution >= 4 is 35.7 Å². The molecule has 0 spiro atoms. The van der Waals surface area contributed by atoms with Gasteiger partial charge in [-0.15, -0.1) is 0 Å². The van der Waals surface area contributed by atoms with Crippen molar-refractivity contribution in [2.75, 3.05) is 13.2 Å². The van der Waals surface area contributed by atoms with E-state index in [1.807, 2.05) is 121 Å². The Morgan fingerprint density at radius 2 is 0.611 bits per heavy atom. The van der Waals surface area contributed by atoms with E-state index in [2.05, 4.69) is 47.5 Å². The first-order chi connectivity index (χ1) is 44.4. The Labute approximate surface area is 539 Å². The molecule has 0 N–H and O–H groups in total. The van der Waals surface area contributed by atoms with Crippen LogP contribution in [0.25, 0.3) is 0 Å². The number of benzene rings is 7. The van der Waals surface area contributed by atoms with E-state index in [9.17, 15) is 9.59 Å². The van der Waals surface area contributed by atoms with Gasteiger partial charge in [0.15, 0.2) is 0 Å². The van der Waals surface area contributed by atoms with E-state index in [0.29, 0.717) is 35.8 Å². The van der Waals surface area contributed by atoms with Crippen LogP contribution in [0, 0.1) is 23.7 Å². The number of ether oxygens (including phenoxy) is 4. The van der Waals surface area contributed by atoms with Crippen molar-refractivity contribution < 1.29 is 28.5 Å². The van der Waals surface area contributed by atoms with Gasteiger partial charge in [0.25, 0.3) is 0 Å². The highest BCUT2D eigenvalue weighted by Gasteiger charge is 2.11. The number of carbonyl (C=O) groups is 2. The molecule has 90 heavy (non-hydrogen) atoms. The largest absolute Gasteiger partial charge is 0.494 e. The fourth-order valence-electron chi connectivity index (χ4n) is 10.5. The lowest BCUT2D eigenvalue weighted by atomic mass is 10.0. The van der Waals surface area contributed by atoms with Crippen LogP contribution in [-0.2, 0) is 0 Å². The molecule has 0 aliphatic carbocycles. The topological polar surface area (TPSA) is 95.8 Å². The van der Waals surface area contributed by atoms with E-state index in [-0.39, 0.29) is 0 Å². The molecule has 0 radical (unpaired) electrons. The van der Waals surface area contributed by atoms with Crippen LogP contribution >= 0.6 is 0 Å². The van der Waals surface area contributed by atoms with Crippen molar-refractivity contribution in [1.29, 1.82) is 0 Å². The fourth-order valence-corrected chi connectivity index (χ4v) is 10.5. The Kier molecular flexibility index (Phi) is 32.6. The summed E-state index contributed by atoms with van der Waals surface area (Å²) in [7, 11) is 0. The van der Waals surface area contributed by atoms with Gasteiger partial charge in [0.1, 0.15) is 23.0 Å². The standard InChI is InChI=1S/C82H96N2O6/c1-3-5-7-9-11-13-15-17-19-21-23-25-27-31-63-87-77-55-47-73(48-56-77)81(85)89-79-59-51-75(52-60-79)83-65-69-39-35-67(36-40-69)43-45-71-33-29-30-34-72(71)46-44-68-37-41-70(42-38-68)66-84-76-53-61-80(62-54-76)90-82(86)74-49-57-78(58-50-74)88-64-32-28-26-24-22-20-18-16-14-12-10-8-6-4-2/h29-30,33-42,47-62,65-66H,3-28,31-32,63-64H2,1-2H3. The molecule has 8 heteroatoms. The summed E-state index contributed by atoms with van der Waals surface area (Å²) < 4.78 is 23.2. The summed E-state index contributed by atoms with van der Waals surface area (Å²) in [5, 5.41) is 0. The quantitative estimate of drug-likeness (QED) is 0.0125. The number of carbonyl (C=O) groups excluding carboxylic acids is 2. The summed E-state index contributed by atoms with van der Waals surface area (Å²) in [6.07, 6.45) is 40.8. The Morgan fingerprint density at radius 3 is 0.922 bits per heavy atom. The highest BCUT2D eigenvalue weighted by molar-refractivity contribution is 5.92. The number of nitrogens with zero attached hydrogens (tertiary/aromatic N) is 2. The number of unbranched alkanes of at least 4 members (excludes halogenated alkanes) is 26. The van der Waals surface area contributed by atoms with Gasteiger partial charge >= 0.3 is 11.9 Å². The lowest BCUT2D eigenvalue weighted by molar-refractivity contribution is 0.0725. The van der Waals surface area contributed by atoms with Crippen LogP contribution in [0.1, 0.15) is 248 Å². The molecule has 0 unspecified atom stereocenters. The summed E-state index contributed by atoms with van der Waals surface area (Å²) in [5.74, 6) is 14.7. The maximum absolute atomic E-state index is 12.9. The van der Waals surface area contributed by atoms with Crippen LogP contribution in [0.5, 0.6) is 23.0 Å². The summed E-state index contributed by atoms with van der Waals surface area (Å²) in [6.45, 7) is 5.91. The zero-order chi connectivity index (χ0) is 62.7. The number of hydrogen-bond donors (Lipinski definition) is 0. The molecule has 7 aromatic carbocycles. The summed E-state index contributed by atoms with van der Waals surface area (Å²) in [4.78, 5) is 35.1. The van der Waals surface area contributed by atoms with Gasteiger partial charge < -0.3 is 18.9 Å². The van der Waals surface area contributed by atoms with Gasteiger partial charge in [-0.25, -0.2) is 9.59 Å². The third-order valence-electron chi connectivity index (χ3n) is 16.0. The first-order valence-corrected chi connectivity index (χ1v) is 33.9. The van der Waals surface area contributed by atoms with Gasteiger partial charge in [-0.05, 0) is 157 Å². The number of hydrogen-bond acceptors (Lipinski definition) is 8. The Morgan fingerprint density at radius 1 is 0.322 bits per heavy atom. The minimum absolute atomic E-state index is 0.424. The molecule has 0 aliphatic rings. The highest BCUT2D eigenvalue weighted by atomic mass is 16.5. The van der Waals surface area contributed by atoms with Crippen molar-refractivity contribution in [1.82, 2.24) is 0 Å². The van der Waals surface area contributed by atoms with E-state index in [1.165, 1.54) is 167 Å². The maximum Gasteiger partial charge on any atom is 0.343 e. The molecule has 7 aromatic rings. The predicted octanol–water partition coefficient (Wildman–Crippen LogP) is 22.1. The van der Waals surface area contributed by atoms with Crippen molar-refractivity contribution in [2.45, 2.75) is 194 Å². The molecule has 0 aromatic heterocycles. The number of esters is 2. The van der Waals surface area contributed by atoms with Crippen molar-refractivity contribution in [2.24, 2.45) is 9.98 Å². The van der Waals surface area contributed by atoms with Crippen LogP contribution in [0.15, 0.2) is 180 Å². The van der Waals surface area contributed by atoms with E-state index in [4.69, 9.17) is 18.9 Å². The molecular formula is C82H96N2O6. The molecule has 0 amide bonds. The van der Waals surface area contributed by atoms with Gasteiger partial charge in [-0.2, -0.15) is 0 Å². The normalized spacial score (nSPS) is 11.0. The average Bonchev–Trinajstić information content (AvgIpc) is 3.27. The molecule has 0 aliphatic heterocycles. The molecular weight excluding hydrogens is 1110 g/mol. The second-order valence-corrected chi connectivity index (χ2v) is 23.5. The molecule has 0 atom stereocenters. The second-order valence-electron chi connectivity index (χ2n) is 23.5.